The van der Waals surface area contributed by atoms with Gasteiger partial charge in [-0.15, -0.1) is 0 Å². The van der Waals surface area contributed by atoms with E-state index in [1.807, 2.05) is 6.07 Å². The second kappa shape index (κ2) is 12.1. The Morgan fingerprint density at radius 2 is 1.89 bits per heavy atom. The third kappa shape index (κ3) is 6.87. The number of nitrogens with two attached hydrogens (primary N) is 1. The van der Waals surface area contributed by atoms with Crippen LogP contribution in [0, 0.1) is 0 Å². The number of aliphatic hydroxyl groups is 1. The van der Waals surface area contributed by atoms with Crippen LogP contribution in [0.3, 0.4) is 0 Å². The van der Waals surface area contributed by atoms with Crippen molar-refractivity contribution in [3.05, 3.63) is 54.1 Å². The molecule has 1 aliphatic heterocycles. The predicted octanol–water partition coefficient (Wildman–Crippen LogP) is -1.44. The zero-order valence-electron chi connectivity index (χ0n) is 19.1. The molecule has 35 heavy (non-hydrogen) atoms. The zero-order chi connectivity index (χ0) is 25.4. The summed E-state index contributed by atoms with van der Waals surface area (Å²) in [7, 11) is 0. The second-order valence-corrected chi connectivity index (χ2v) is 8.41. The molecule has 188 valence electrons. The molecule has 1 saturated heterocycles. The number of imidazole rings is 1. The van der Waals surface area contributed by atoms with Crippen molar-refractivity contribution < 1.29 is 29.4 Å². The van der Waals surface area contributed by atoms with Gasteiger partial charge in [0.2, 0.25) is 17.7 Å². The number of aliphatic hydroxyl groups excluding tert-OH is 1. The van der Waals surface area contributed by atoms with Crippen LogP contribution in [0.4, 0.5) is 0 Å². The normalized spacial score (nSPS) is 17.9. The smallest absolute Gasteiger partial charge is 0.326 e. The SMILES string of the molecule is NC(CO)C(=O)NC(Cc1cnc[nH]1)C(=O)N1CCCC1C(=O)NC(Cc1ccccc1)C(=O)O. The lowest BCUT2D eigenvalue weighted by Crippen LogP contribution is -2.57. The Labute approximate surface area is 201 Å². The number of hydrogen-bond acceptors (Lipinski definition) is 7. The van der Waals surface area contributed by atoms with E-state index in [1.165, 1.54) is 17.4 Å². The highest BCUT2D eigenvalue weighted by Crippen LogP contribution is 2.20. The summed E-state index contributed by atoms with van der Waals surface area (Å²) in [5.74, 6) is -2.97. The van der Waals surface area contributed by atoms with E-state index in [9.17, 15) is 29.4 Å². The number of H-pyrrole nitrogens is 1. The maximum atomic E-state index is 13.4. The van der Waals surface area contributed by atoms with Gasteiger partial charge in [-0.1, -0.05) is 30.3 Å². The molecule has 3 amide bonds. The molecule has 0 spiro atoms. The Kier molecular flexibility index (Phi) is 8.92. The number of benzene rings is 1. The minimum absolute atomic E-state index is 0.0688. The molecule has 1 aliphatic rings. The van der Waals surface area contributed by atoms with Crippen molar-refractivity contribution in [3.8, 4) is 0 Å². The maximum Gasteiger partial charge on any atom is 0.326 e. The molecule has 12 heteroatoms. The molecule has 0 radical (unpaired) electrons. The number of carboxylic acid groups (broad SMARTS) is 1. The number of carbonyl (C=O) groups is 4. The van der Waals surface area contributed by atoms with Gasteiger partial charge in [-0.25, -0.2) is 9.78 Å². The average molecular weight is 487 g/mol. The number of amides is 3. The first-order valence-electron chi connectivity index (χ1n) is 11.3. The monoisotopic (exact) mass is 486 g/mol. The first-order valence-corrected chi connectivity index (χ1v) is 11.3. The Bertz CT molecular complexity index is 1010. The lowest BCUT2D eigenvalue weighted by molar-refractivity contribution is -0.145. The molecule has 0 saturated carbocycles. The number of aliphatic carboxylic acids is 1. The molecule has 7 N–H and O–H groups in total. The Morgan fingerprint density at radius 1 is 1.14 bits per heavy atom. The Hall–Kier alpha value is -3.77. The van der Waals surface area contributed by atoms with E-state index in [0.29, 0.717) is 18.5 Å². The van der Waals surface area contributed by atoms with Crippen LogP contribution in [0.15, 0.2) is 42.9 Å². The predicted molar refractivity (Wildman–Crippen MR) is 124 cm³/mol. The van der Waals surface area contributed by atoms with Crippen LogP contribution in [-0.4, -0.2) is 86.1 Å². The quantitative estimate of drug-likeness (QED) is 0.222. The molecule has 2 aromatic rings. The van der Waals surface area contributed by atoms with E-state index in [-0.39, 0.29) is 19.4 Å². The minimum atomic E-state index is -1.21. The molecule has 0 bridgehead atoms. The fraction of sp³-hybridized carbons (Fsp3) is 0.435. The summed E-state index contributed by atoms with van der Waals surface area (Å²) in [6, 6.07) is 4.60. The number of carboxylic acids is 1. The van der Waals surface area contributed by atoms with E-state index in [0.717, 1.165) is 5.56 Å². The van der Waals surface area contributed by atoms with E-state index in [1.54, 1.807) is 24.3 Å². The number of nitrogens with one attached hydrogen (secondary N) is 3. The first-order chi connectivity index (χ1) is 16.8. The van der Waals surface area contributed by atoms with Crippen LogP contribution in [0.5, 0.6) is 0 Å². The van der Waals surface area contributed by atoms with Crippen molar-refractivity contribution in [2.75, 3.05) is 13.2 Å². The highest BCUT2D eigenvalue weighted by Gasteiger charge is 2.39. The van der Waals surface area contributed by atoms with Crippen LogP contribution in [0.2, 0.25) is 0 Å². The summed E-state index contributed by atoms with van der Waals surface area (Å²) in [4.78, 5) is 58.7. The summed E-state index contributed by atoms with van der Waals surface area (Å²) in [5, 5.41) is 23.9. The molecular formula is C23H30N6O6. The number of aromatic nitrogens is 2. The van der Waals surface area contributed by atoms with Crippen molar-refractivity contribution in [2.45, 2.75) is 49.9 Å². The summed E-state index contributed by atoms with van der Waals surface area (Å²) in [6.07, 6.45) is 4.01. The fourth-order valence-corrected chi connectivity index (χ4v) is 4.00. The topological polar surface area (TPSA) is 191 Å². The lowest BCUT2D eigenvalue weighted by atomic mass is 10.0. The van der Waals surface area contributed by atoms with Gasteiger partial charge in [0, 0.05) is 31.3 Å². The molecule has 0 aliphatic carbocycles. The lowest BCUT2D eigenvalue weighted by Gasteiger charge is -2.29. The number of nitrogens with zero attached hydrogens (tertiary/aromatic N) is 2. The third-order valence-corrected chi connectivity index (χ3v) is 5.86. The molecule has 1 aromatic heterocycles. The fourth-order valence-electron chi connectivity index (χ4n) is 4.00. The van der Waals surface area contributed by atoms with Gasteiger partial charge in [-0.3, -0.25) is 14.4 Å². The minimum Gasteiger partial charge on any atom is -0.480 e. The number of likely N-dealkylation sites (tertiary alicyclic amines) is 1. The van der Waals surface area contributed by atoms with Gasteiger partial charge >= 0.3 is 5.97 Å². The van der Waals surface area contributed by atoms with Gasteiger partial charge in [0.1, 0.15) is 24.2 Å². The van der Waals surface area contributed by atoms with Crippen LogP contribution in [-0.2, 0) is 32.0 Å². The van der Waals surface area contributed by atoms with Crippen molar-refractivity contribution >= 4 is 23.7 Å². The average Bonchev–Trinajstić information content (AvgIpc) is 3.55. The van der Waals surface area contributed by atoms with Gasteiger partial charge in [-0.05, 0) is 18.4 Å². The van der Waals surface area contributed by atoms with E-state index >= 15 is 0 Å². The summed E-state index contributed by atoms with van der Waals surface area (Å²) in [5.41, 5.74) is 6.92. The highest BCUT2D eigenvalue weighted by atomic mass is 16.4. The maximum absolute atomic E-state index is 13.4. The summed E-state index contributed by atoms with van der Waals surface area (Å²) in [6.45, 7) is -0.321. The third-order valence-electron chi connectivity index (χ3n) is 5.86. The Balaban J connectivity index is 1.73. The second-order valence-electron chi connectivity index (χ2n) is 8.41. The molecule has 1 aromatic carbocycles. The molecule has 2 heterocycles. The molecule has 4 atom stereocenters. The number of rotatable bonds is 11. The summed E-state index contributed by atoms with van der Waals surface area (Å²) >= 11 is 0. The molecular weight excluding hydrogens is 456 g/mol. The van der Waals surface area contributed by atoms with Crippen LogP contribution < -0.4 is 16.4 Å². The largest absolute Gasteiger partial charge is 0.480 e. The van der Waals surface area contributed by atoms with E-state index in [2.05, 4.69) is 20.6 Å². The van der Waals surface area contributed by atoms with Gasteiger partial charge < -0.3 is 36.5 Å². The standard InChI is InChI=1S/C23H30N6O6/c24-16(12-30)20(31)27-17(10-15-11-25-13-26-15)22(33)29-8-4-7-19(29)21(32)28-18(23(34)35)9-14-5-2-1-3-6-14/h1-3,5-6,11,13,16-19,30H,4,7-10,12,24H2,(H,25,26)(H,27,31)(H,28,32)(H,34,35). The number of aromatic amines is 1. The van der Waals surface area contributed by atoms with Crippen molar-refractivity contribution in [3.63, 3.8) is 0 Å². The van der Waals surface area contributed by atoms with Gasteiger partial charge in [0.25, 0.3) is 0 Å². The van der Waals surface area contributed by atoms with Crippen LogP contribution >= 0.6 is 0 Å². The molecule has 3 rings (SSSR count). The first kappa shape index (κ1) is 25.8. The number of hydrogen-bond donors (Lipinski definition) is 6. The molecule has 4 unspecified atom stereocenters. The van der Waals surface area contributed by atoms with Crippen molar-refractivity contribution in [2.24, 2.45) is 5.73 Å². The van der Waals surface area contributed by atoms with Crippen LogP contribution in [0.25, 0.3) is 0 Å². The zero-order valence-corrected chi connectivity index (χ0v) is 19.1. The highest BCUT2D eigenvalue weighted by molar-refractivity contribution is 5.94. The van der Waals surface area contributed by atoms with E-state index in [4.69, 9.17) is 5.73 Å². The summed E-state index contributed by atoms with van der Waals surface area (Å²) < 4.78 is 0. The number of carbonyl (C=O) groups excluding carboxylic acids is 3. The van der Waals surface area contributed by atoms with Gasteiger partial charge in [0.15, 0.2) is 0 Å². The van der Waals surface area contributed by atoms with Crippen LogP contribution in [0.1, 0.15) is 24.1 Å². The molecule has 12 nitrogen and oxygen atoms in total. The van der Waals surface area contributed by atoms with E-state index < -0.39 is 54.5 Å². The Morgan fingerprint density at radius 3 is 2.51 bits per heavy atom. The molecule has 1 fully saturated rings. The van der Waals surface area contributed by atoms with Crippen molar-refractivity contribution in [1.82, 2.24) is 25.5 Å². The van der Waals surface area contributed by atoms with Gasteiger partial charge in [0.05, 0.1) is 12.9 Å². The van der Waals surface area contributed by atoms with Crippen molar-refractivity contribution in [1.29, 1.82) is 0 Å². The van der Waals surface area contributed by atoms with Gasteiger partial charge in [-0.2, -0.15) is 0 Å².